The van der Waals surface area contributed by atoms with Gasteiger partial charge in [-0.05, 0) is 0 Å². The van der Waals surface area contributed by atoms with Gasteiger partial charge in [0.2, 0.25) is 0 Å². The summed E-state index contributed by atoms with van der Waals surface area (Å²) in [4.78, 5) is 2.40. The van der Waals surface area contributed by atoms with Crippen molar-refractivity contribution in [1.29, 1.82) is 0 Å². The normalized spacial score (nSPS) is 17.7. The number of aliphatic hydroxyl groups is 1. The number of benzene rings is 1. The molecule has 0 amide bonds. The number of aromatic nitrogens is 2. The number of nitrogens with zero attached hydrogens (tertiary/aromatic N) is 3. The van der Waals surface area contributed by atoms with Gasteiger partial charge in [0, 0.05) is 0 Å². The Hall–Kier alpha value is -0.808. The number of piperidine rings is 1. The standard InChI is InChI=1S/C19H26N3O3.Pb/c1-24-18(25-2)12-17-16(13-20-21-17)19(23)8-10-22(11-9-19)14-15-6-4-3-5-7-15;/h3-7,13,18,23H,8-12,14H2,1-2H3;/q-1;+1. The molecule has 26 heavy (non-hydrogen) atoms. The Morgan fingerprint density at radius 1 is 1.19 bits per heavy atom. The first kappa shape index (κ1) is 19.9. The zero-order chi connectivity index (χ0) is 18.6. The van der Waals surface area contributed by atoms with Crippen molar-refractivity contribution >= 4 is 26.1 Å². The van der Waals surface area contributed by atoms with Crippen molar-refractivity contribution in [2.75, 3.05) is 27.3 Å². The second-order valence-electron chi connectivity index (χ2n) is 6.82. The Kier molecular flexibility index (Phi) is 6.84. The summed E-state index contributed by atoms with van der Waals surface area (Å²) in [5.41, 5.74) is 2.46. The van der Waals surface area contributed by atoms with Crippen LogP contribution in [0, 0.1) is 0 Å². The molecule has 2 aromatic rings. The molecule has 139 valence electrons. The Morgan fingerprint density at radius 3 is 2.46 bits per heavy atom. The topological polar surface area (TPSA) is 59.8 Å². The van der Waals surface area contributed by atoms with Gasteiger partial charge in [0.05, 0.1) is 0 Å². The molecular weight excluding hydrogens is 525 g/mol. The molecule has 0 aliphatic carbocycles. The van der Waals surface area contributed by atoms with Crippen LogP contribution in [0.1, 0.15) is 29.7 Å². The van der Waals surface area contributed by atoms with E-state index in [9.17, 15) is 5.11 Å². The number of hydrogen-bond donors (Lipinski definition) is 1. The molecule has 0 spiro atoms. The molecule has 0 saturated carbocycles. The van der Waals surface area contributed by atoms with Crippen molar-refractivity contribution in [2.45, 2.75) is 37.7 Å². The van der Waals surface area contributed by atoms with Gasteiger partial charge < -0.3 is 0 Å². The first-order valence-corrected chi connectivity index (χ1v) is 10.6. The average Bonchev–Trinajstić information content (AvgIpc) is 3.04. The fraction of sp³-hybridized carbons (Fsp3) is 0.526. The third kappa shape index (κ3) is 4.53. The van der Waals surface area contributed by atoms with E-state index in [-0.39, 0.29) is 6.29 Å². The average molecular weight is 552 g/mol. The fourth-order valence-corrected chi connectivity index (χ4v) is 4.62. The summed E-state index contributed by atoms with van der Waals surface area (Å²) < 4.78 is 12.7. The number of rotatable bonds is 7. The monoisotopic (exact) mass is 552 g/mol. The molecule has 0 bridgehead atoms. The summed E-state index contributed by atoms with van der Waals surface area (Å²) >= 11 is 0.768. The zero-order valence-corrected chi connectivity index (χ0v) is 19.3. The molecule has 0 atom stereocenters. The van der Waals surface area contributed by atoms with Gasteiger partial charge in [0.15, 0.2) is 0 Å². The van der Waals surface area contributed by atoms with Gasteiger partial charge in [-0.2, -0.15) is 0 Å². The first-order valence-electron chi connectivity index (χ1n) is 8.89. The van der Waals surface area contributed by atoms with Crippen LogP contribution in [-0.2, 0) is 28.0 Å². The van der Waals surface area contributed by atoms with Gasteiger partial charge in [-0.3, -0.25) is 0 Å². The summed E-state index contributed by atoms with van der Waals surface area (Å²) in [5, 5.41) is 15.8. The van der Waals surface area contributed by atoms with Gasteiger partial charge in [0.25, 0.3) is 0 Å². The molecule has 3 rings (SSSR count). The summed E-state index contributed by atoms with van der Waals surface area (Å²) in [6, 6.07) is 10.5. The summed E-state index contributed by atoms with van der Waals surface area (Å²) in [6.07, 6.45) is 3.54. The molecule has 1 saturated heterocycles. The maximum absolute atomic E-state index is 11.3. The van der Waals surface area contributed by atoms with Crippen LogP contribution in [-0.4, -0.2) is 77.3 Å². The van der Waals surface area contributed by atoms with Crippen LogP contribution >= 0.6 is 0 Å². The van der Waals surface area contributed by atoms with Gasteiger partial charge in [-0.15, -0.1) is 0 Å². The molecule has 7 heteroatoms. The molecule has 0 unspecified atom stereocenters. The number of methoxy groups -OCH3 is 2. The van der Waals surface area contributed by atoms with E-state index in [0.717, 1.165) is 57.0 Å². The van der Waals surface area contributed by atoms with Crippen molar-refractivity contribution in [2.24, 2.45) is 0 Å². The fourth-order valence-electron chi connectivity index (χ4n) is 3.57. The zero-order valence-electron chi connectivity index (χ0n) is 15.4. The summed E-state index contributed by atoms with van der Waals surface area (Å²) in [6.45, 7) is 2.67. The predicted octanol–water partition coefficient (Wildman–Crippen LogP) is 1.46. The van der Waals surface area contributed by atoms with E-state index in [1.54, 1.807) is 14.2 Å². The van der Waals surface area contributed by atoms with E-state index in [1.807, 2.05) is 14.8 Å². The van der Waals surface area contributed by atoms with Crippen LogP contribution in [0.5, 0.6) is 0 Å². The van der Waals surface area contributed by atoms with Gasteiger partial charge in [-0.1, -0.05) is 0 Å². The molecule has 1 aromatic heterocycles. The second-order valence-corrected chi connectivity index (χ2v) is 8.46. The second kappa shape index (κ2) is 8.92. The van der Waals surface area contributed by atoms with Crippen molar-refractivity contribution in [3.8, 4) is 0 Å². The minimum absolute atomic E-state index is 0.320. The molecule has 1 aliphatic heterocycles. The van der Waals surface area contributed by atoms with Crippen molar-refractivity contribution < 1.29 is 14.6 Å². The molecule has 1 fully saturated rings. The van der Waals surface area contributed by atoms with Crippen LogP contribution < -0.4 is 0 Å². The quantitative estimate of drug-likeness (QED) is 0.417. The molecular formula is C19H26N3O3Pb. The van der Waals surface area contributed by atoms with E-state index in [0.29, 0.717) is 19.3 Å². The Bertz CT molecular complexity index is 695. The van der Waals surface area contributed by atoms with Gasteiger partial charge >= 0.3 is 171 Å². The van der Waals surface area contributed by atoms with E-state index in [4.69, 9.17) is 9.47 Å². The van der Waals surface area contributed by atoms with Crippen LogP contribution in [0.25, 0.3) is 0 Å². The Labute approximate surface area is 171 Å². The van der Waals surface area contributed by atoms with Crippen molar-refractivity contribution in [3.63, 3.8) is 0 Å². The molecule has 6 nitrogen and oxygen atoms in total. The molecule has 2 heterocycles. The summed E-state index contributed by atoms with van der Waals surface area (Å²) in [7, 11) is 3.27. The van der Waals surface area contributed by atoms with E-state index in [2.05, 4.69) is 34.3 Å². The Balaban J connectivity index is 1.69. The van der Waals surface area contributed by atoms with Crippen LogP contribution in [0.2, 0.25) is 0 Å². The van der Waals surface area contributed by atoms with Crippen molar-refractivity contribution in [3.05, 3.63) is 53.3 Å². The van der Waals surface area contributed by atoms with E-state index in [1.165, 1.54) is 5.56 Å². The predicted molar refractivity (Wildman–Crippen MR) is 99.7 cm³/mol. The van der Waals surface area contributed by atoms with E-state index < -0.39 is 5.60 Å². The van der Waals surface area contributed by atoms with Gasteiger partial charge in [-0.25, -0.2) is 0 Å². The SMILES string of the molecule is COC(Cc1c(C2(O)CCN(Cc3ccccc3)CC2)cn[n]1[Pb])OC. The maximum atomic E-state index is 11.3. The third-order valence-corrected chi connectivity index (χ3v) is 6.69. The molecule has 3 radical (unpaired) electrons. The molecule has 1 aliphatic rings. The number of hydrogen-bond acceptors (Lipinski definition) is 5. The van der Waals surface area contributed by atoms with Gasteiger partial charge in [0.1, 0.15) is 0 Å². The third-order valence-electron chi connectivity index (χ3n) is 5.19. The van der Waals surface area contributed by atoms with Crippen molar-refractivity contribution in [1.82, 2.24) is 12.5 Å². The molecule has 1 N–H and O–H groups in total. The molecule has 1 aromatic carbocycles. The first-order chi connectivity index (χ1) is 12.6. The number of likely N-dealkylation sites (tertiary alicyclic amines) is 1. The van der Waals surface area contributed by atoms with E-state index >= 15 is 0 Å². The Morgan fingerprint density at radius 2 is 1.85 bits per heavy atom. The number of ether oxygens (including phenoxy) is 2. The van der Waals surface area contributed by atoms with Crippen LogP contribution in [0.15, 0.2) is 36.5 Å². The minimum atomic E-state index is -0.822. The van der Waals surface area contributed by atoms with Crippen LogP contribution in [0.3, 0.4) is 0 Å². The van der Waals surface area contributed by atoms with Crippen LogP contribution in [0.4, 0.5) is 0 Å². The summed E-state index contributed by atoms with van der Waals surface area (Å²) in [5.74, 6) is 0.